The highest BCUT2D eigenvalue weighted by Gasteiger charge is 2.51. The molecule has 1 fully saturated rings. The molecule has 0 N–H and O–H groups in total. The van der Waals surface area contributed by atoms with Gasteiger partial charge in [-0.3, -0.25) is 0 Å². The Bertz CT molecular complexity index is 2170. The quantitative estimate of drug-likeness (QED) is 0.179. The number of hydrogen-bond donors (Lipinski definition) is 0. The molecule has 5 heteroatoms. The third-order valence-corrected chi connectivity index (χ3v) is 10.5. The van der Waals surface area contributed by atoms with Crippen LogP contribution in [0.1, 0.15) is 52.7 Å². The number of nitrogens with zero attached hydrogens (tertiary/aromatic N) is 2. The molecule has 4 nitrogen and oxygen atoms in total. The van der Waals surface area contributed by atoms with E-state index >= 15 is 0 Å². The summed E-state index contributed by atoms with van der Waals surface area (Å²) in [4.78, 5) is 10.3. The molecule has 0 bridgehead atoms. The summed E-state index contributed by atoms with van der Waals surface area (Å²) in [6.45, 7) is 13.0. The second-order valence-electron chi connectivity index (χ2n) is 14.6. The van der Waals surface area contributed by atoms with Gasteiger partial charge in [0.2, 0.25) is 0 Å². The van der Waals surface area contributed by atoms with Gasteiger partial charge in [0.05, 0.1) is 22.6 Å². The first-order chi connectivity index (χ1) is 23.0. The maximum Gasteiger partial charge on any atom is 0.494 e. The van der Waals surface area contributed by atoms with Crippen LogP contribution in [0.25, 0.3) is 56.2 Å². The van der Waals surface area contributed by atoms with Gasteiger partial charge >= 0.3 is 7.12 Å². The minimum Gasteiger partial charge on any atom is -0.399 e. The topological polar surface area (TPSA) is 44.2 Å². The second kappa shape index (κ2) is 11.1. The Balaban J connectivity index is 1.20. The Morgan fingerprint density at radius 2 is 1.04 bits per heavy atom. The summed E-state index contributed by atoms with van der Waals surface area (Å²) in [7, 11) is -0.464. The molecule has 8 rings (SSSR count). The largest absolute Gasteiger partial charge is 0.494 e. The van der Waals surface area contributed by atoms with Crippen molar-refractivity contribution in [2.24, 2.45) is 0 Å². The number of fused-ring (bicyclic) bond motifs is 3. The van der Waals surface area contributed by atoms with E-state index in [1.54, 1.807) is 0 Å². The summed E-state index contributed by atoms with van der Waals surface area (Å²) in [6, 6.07) is 45.0. The van der Waals surface area contributed by atoms with Crippen LogP contribution in [-0.4, -0.2) is 28.3 Å². The van der Waals surface area contributed by atoms with Gasteiger partial charge in [-0.2, -0.15) is 0 Å². The number of hydrogen-bond acceptors (Lipinski definition) is 4. The van der Waals surface area contributed by atoms with E-state index in [9.17, 15) is 0 Å². The predicted octanol–water partition coefficient (Wildman–Crippen LogP) is 9.75. The van der Waals surface area contributed by atoms with E-state index in [0.29, 0.717) is 5.82 Å². The van der Waals surface area contributed by atoms with Crippen LogP contribution < -0.4 is 5.46 Å². The van der Waals surface area contributed by atoms with Gasteiger partial charge in [-0.25, -0.2) is 9.97 Å². The molecule has 48 heavy (non-hydrogen) atoms. The molecule has 1 aliphatic carbocycles. The Labute approximate surface area is 284 Å². The lowest BCUT2D eigenvalue weighted by Crippen LogP contribution is -2.41. The molecule has 0 saturated carbocycles. The third kappa shape index (κ3) is 5.10. The van der Waals surface area contributed by atoms with E-state index in [2.05, 4.69) is 139 Å². The summed E-state index contributed by atoms with van der Waals surface area (Å²) in [5.74, 6) is 0.659. The van der Waals surface area contributed by atoms with Crippen molar-refractivity contribution in [3.8, 4) is 56.2 Å². The molecule has 2 heterocycles. The first-order valence-electron chi connectivity index (χ1n) is 16.8. The normalized spacial score (nSPS) is 16.8. The van der Waals surface area contributed by atoms with E-state index in [1.165, 1.54) is 27.8 Å². The smallest absolute Gasteiger partial charge is 0.399 e. The SMILES string of the molecule is CC1(C)c2ccccc2-c2ccc(-c3cccc(-c4cc(-c5ccccc5)nc(-c5cccc(B6OC(C)(C)C(C)(C)O6)c5)n4)c3)cc21. The van der Waals surface area contributed by atoms with Crippen molar-refractivity contribution in [3.63, 3.8) is 0 Å². The van der Waals surface area contributed by atoms with E-state index in [1.807, 2.05) is 30.3 Å². The third-order valence-electron chi connectivity index (χ3n) is 10.5. The van der Waals surface area contributed by atoms with Crippen molar-refractivity contribution >= 4 is 12.6 Å². The molecule has 1 aromatic heterocycles. The molecule has 0 amide bonds. The average Bonchev–Trinajstić information content (AvgIpc) is 3.48. The minimum atomic E-state index is -0.464. The zero-order valence-electron chi connectivity index (χ0n) is 28.4. The molecule has 0 atom stereocenters. The fraction of sp³-hybridized carbons (Fsp3) is 0.209. The standard InChI is InChI=1S/C43H39BN2O2/c1-41(2)36-21-11-10-20-34(36)35-23-22-30(26-37(35)41)29-16-12-17-31(24-29)39-27-38(28-14-8-7-9-15-28)45-40(46-39)32-18-13-19-33(25-32)44-47-42(3,4)43(5,6)48-44/h7-27H,1-6H3. The van der Waals surface area contributed by atoms with Crippen LogP contribution in [0.4, 0.5) is 0 Å². The molecule has 1 saturated heterocycles. The monoisotopic (exact) mass is 626 g/mol. The Kier molecular flexibility index (Phi) is 7.06. The fourth-order valence-corrected chi connectivity index (χ4v) is 7.03. The van der Waals surface area contributed by atoms with Gasteiger partial charge in [0.15, 0.2) is 5.82 Å². The molecule has 1 aliphatic heterocycles. The van der Waals surface area contributed by atoms with Crippen LogP contribution in [0.3, 0.4) is 0 Å². The molecule has 236 valence electrons. The van der Waals surface area contributed by atoms with Crippen molar-refractivity contribution in [3.05, 3.63) is 139 Å². The van der Waals surface area contributed by atoms with Crippen molar-refractivity contribution in [1.29, 1.82) is 0 Å². The molecule has 2 aliphatic rings. The predicted molar refractivity (Wildman–Crippen MR) is 197 cm³/mol. The average molecular weight is 627 g/mol. The van der Waals surface area contributed by atoms with Crippen LogP contribution in [0.2, 0.25) is 0 Å². The fourth-order valence-electron chi connectivity index (χ4n) is 7.03. The van der Waals surface area contributed by atoms with E-state index in [4.69, 9.17) is 19.3 Å². The van der Waals surface area contributed by atoms with Crippen molar-refractivity contribution in [2.75, 3.05) is 0 Å². The Hall–Kier alpha value is -4.84. The van der Waals surface area contributed by atoms with E-state index < -0.39 is 18.3 Å². The van der Waals surface area contributed by atoms with Crippen LogP contribution in [0.5, 0.6) is 0 Å². The number of benzene rings is 5. The summed E-state index contributed by atoms with van der Waals surface area (Å²) in [5, 5.41) is 0. The van der Waals surface area contributed by atoms with Gasteiger partial charge in [-0.1, -0.05) is 123 Å². The molecule has 0 unspecified atom stereocenters. The van der Waals surface area contributed by atoms with Crippen molar-refractivity contribution in [1.82, 2.24) is 9.97 Å². The van der Waals surface area contributed by atoms with Gasteiger partial charge in [-0.05, 0) is 84.7 Å². The summed E-state index contributed by atoms with van der Waals surface area (Å²) in [6.07, 6.45) is 0. The highest BCUT2D eigenvalue weighted by atomic mass is 16.7. The summed E-state index contributed by atoms with van der Waals surface area (Å²) in [5.41, 5.74) is 12.6. The van der Waals surface area contributed by atoms with Gasteiger partial charge in [0.1, 0.15) is 0 Å². The van der Waals surface area contributed by atoms with E-state index in [-0.39, 0.29) is 5.41 Å². The minimum absolute atomic E-state index is 0.0552. The second-order valence-corrected chi connectivity index (χ2v) is 14.6. The lowest BCUT2D eigenvalue weighted by molar-refractivity contribution is 0.00578. The summed E-state index contributed by atoms with van der Waals surface area (Å²) < 4.78 is 12.8. The highest BCUT2D eigenvalue weighted by molar-refractivity contribution is 6.62. The van der Waals surface area contributed by atoms with Crippen molar-refractivity contribution < 1.29 is 9.31 Å². The Morgan fingerprint density at radius 3 is 1.81 bits per heavy atom. The number of rotatable bonds is 5. The highest BCUT2D eigenvalue weighted by Crippen LogP contribution is 2.49. The molecule has 0 radical (unpaired) electrons. The first-order valence-corrected chi connectivity index (χ1v) is 16.8. The van der Waals surface area contributed by atoms with Crippen LogP contribution in [0.15, 0.2) is 127 Å². The van der Waals surface area contributed by atoms with Gasteiger partial charge in [0, 0.05) is 22.1 Å². The van der Waals surface area contributed by atoms with Crippen LogP contribution in [-0.2, 0) is 14.7 Å². The molecule has 5 aromatic carbocycles. The zero-order chi connectivity index (χ0) is 33.3. The van der Waals surface area contributed by atoms with Gasteiger partial charge in [-0.15, -0.1) is 0 Å². The van der Waals surface area contributed by atoms with Gasteiger partial charge < -0.3 is 9.31 Å². The van der Waals surface area contributed by atoms with Crippen molar-refractivity contribution in [2.45, 2.75) is 58.2 Å². The van der Waals surface area contributed by atoms with Crippen LogP contribution in [0, 0.1) is 0 Å². The van der Waals surface area contributed by atoms with E-state index in [0.717, 1.165) is 39.1 Å². The molecular weight excluding hydrogens is 587 g/mol. The maximum atomic E-state index is 6.38. The van der Waals surface area contributed by atoms with Gasteiger partial charge in [0.25, 0.3) is 0 Å². The molecule has 0 spiro atoms. The molecule has 6 aromatic rings. The zero-order valence-corrected chi connectivity index (χ0v) is 28.4. The number of aromatic nitrogens is 2. The maximum absolute atomic E-state index is 6.38. The molecular formula is C43H39BN2O2. The Morgan fingerprint density at radius 1 is 0.458 bits per heavy atom. The lowest BCUT2D eigenvalue weighted by atomic mass is 9.78. The summed E-state index contributed by atoms with van der Waals surface area (Å²) >= 11 is 0. The first kappa shape index (κ1) is 30.5. The lowest BCUT2D eigenvalue weighted by Gasteiger charge is -2.32. The van der Waals surface area contributed by atoms with Crippen LogP contribution >= 0.6 is 0 Å².